The molecular formula is C26H34N2O3. The molecule has 2 aliphatic rings. The standard InChI is InChI=1S/C26H34N2O3/c29-25(27-16-8-18-31-22-12-2-1-3-13-22)21-11-7-17-28(19-21)26(30)24-15-6-10-20-9-4-5-14-23(20)24/h4-6,9-10,14-15,21-22H,1-3,7-8,11-13,16-19H2,(H,27,29). The number of nitrogens with zero attached hydrogens (tertiary/aromatic N) is 1. The highest BCUT2D eigenvalue weighted by atomic mass is 16.5. The van der Waals surface area contributed by atoms with Gasteiger partial charge in [0.1, 0.15) is 0 Å². The SMILES string of the molecule is O=C(NCCCOC1CCCCC1)C1CCCN(C(=O)c2cccc3ccccc23)C1. The zero-order chi connectivity index (χ0) is 21.5. The quantitative estimate of drug-likeness (QED) is 0.666. The molecule has 4 rings (SSSR count). The Kier molecular flexibility index (Phi) is 7.57. The van der Waals surface area contributed by atoms with Crippen LogP contribution in [0.25, 0.3) is 10.8 Å². The molecule has 1 heterocycles. The van der Waals surface area contributed by atoms with Crippen LogP contribution < -0.4 is 5.32 Å². The van der Waals surface area contributed by atoms with Gasteiger partial charge in [-0.1, -0.05) is 55.7 Å². The lowest BCUT2D eigenvalue weighted by Crippen LogP contribution is -2.45. The van der Waals surface area contributed by atoms with Crippen molar-refractivity contribution in [2.24, 2.45) is 5.92 Å². The van der Waals surface area contributed by atoms with Gasteiger partial charge in [0, 0.05) is 31.8 Å². The highest BCUT2D eigenvalue weighted by Crippen LogP contribution is 2.24. The lowest BCUT2D eigenvalue weighted by atomic mass is 9.95. The first-order valence-electron chi connectivity index (χ1n) is 11.9. The summed E-state index contributed by atoms with van der Waals surface area (Å²) in [5, 5.41) is 5.10. The van der Waals surface area contributed by atoms with E-state index in [1.54, 1.807) is 0 Å². The first-order valence-corrected chi connectivity index (χ1v) is 11.9. The fourth-order valence-corrected chi connectivity index (χ4v) is 4.87. The minimum atomic E-state index is -0.132. The van der Waals surface area contributed by atoms with Crippen molar-refractivity contribution < 1.29 is 14.3 Å². The van der Waals surface area contributed by atoms with Gasteiger partial charge in [-0.15, -0.1) is 0 Å². The van der Waals surface area contributed by atoms with Crippen molar-refractivity contribution in [1.29, 1.82) is 0 Å². The first kappa shape index (κ1) is 21.8. The zero-order valence-corrected chi connectivity index (χ0v) is 18.4. The minimum absolute atomic E-state index is 0.0233. The maximum absolute atomic E-state index is 13.2. The highest BCUT2D eigenvalue weighted by molar-refractivity contribution is 6.07. The van der Waals surface area contributed by atoms with Gasteiger partial charge in [0.25, 0.3) is 5.91 Å². The summed E-state index contributed by atoms with van der Waals surface area (Å²) in [5.74, 6) is -0.0461. The largest absolute Gasteiger partial charge is 0.378 e. The molecule has 2 amide bonds. The number of hydrogen-bond acceptors (Lipinski definition) is 3. The Morgan fingerprint density at radius 2 is 1.77 bits per heavy atom. The summed E-state index contributed by atoms with van der Waals surface area (Å²) in [6.45, 7) is 2.55. The predicted octanol–water partition coefficient (Wildman–Crippen LogP) is 4.55. The molecule has 1 aliphatic heterocycles. The maximum atomic E-state index is 13.2. The number of amides is 2. The number of fused-ring (bicyclic) bond motifs is 1. The minimum Gasteiger partial charge on any atom is -0.378 e. The fourth-order valence-electron chi connectivity index (χ4n) is 4.87. The van der Waals surface area contributed by atoms with Gasteiger partial charge >= 0.3 is 0 Å². The van der Waals surface area contributed by atoms with Gasteiger partial charge in [-0.3, -0.25) is 9.59 Å². The summed E-state index contributed by atoms with van der Waals surface area (Å²) in [7, 11) is 0. The van der Waals surface area contributed by atoms with Crippen molar-refractivity contribution in [2.45, 2.75) is 57.5 Å². The molecule has 1 aliphatic carbocycles. The van der Waals surface area contributed by atoms with E-state index in [9.17, 15) is 9.59 Å². The van der Waals surface area contributed by atoms with Crippen LogP contribution in [0.2, 0.25) is 0 Å². The molecule has 1 atom stereocenters. The number of piperidine rings is 1. The lowest BCUT2D eigenvalue weighted by Gasteiger charge is -2.32. The average molecular weight is 423 g/mol. The Labute approximate surface area is 185 Å². The Balaban J connectivity index is 1.25. The van der Waals surface area contributed by atoms with Crippen molar-refractivity contribution in [2.75, 3.05) is 26.2 Å². The highest BCUT2D eigenvalue weighted by Gasteiger charge is 2.29. The second kappa shape index (κ2) is 10.8. The van der Waals surface area contributed by atoms with Gasteiger partial charge in [0.15, 0.2) is 0 Å². The molecular weight excluding hydrogens is 388 g/mol. The molecule has 0 spiro atoms. The van der Waals surface area contributed by atoms with E-state index in [-0.39, 0.29) is 17.7 Å². The molecule has 1 N–H and O–H groups in total. The first-order chi connectivity index (χ1) is 15.2. The van der Waals surface area contributed by atoms with E-state index in [2.05, 4.69) is 5.32 Å². The van der Waals surface area contributed by atoms with E-state index >= 15 is 0 Å². The number of likely N-dealkylation sites (tertiary alicyclic amines) is 1. The summed E-state index contributed by atoms with van der Waals surface area (Å²) >= 11 is 0. The van der Waals surface area contributed by atoms with Crippen LogP contribution in [0.5, 0.6) is 0 Å². The summed E-state index contributed by atoms with van der Waals surface area (Å²) in [6, 6.07) is 13.8. The third kappa shape index (κ3) is 5.65. The Hall–Kier alpha value is -2.40. The summed E-state index contributed by atoms with van der Waals surface area (Å²) in [6.07, 6.45) is 9.18. The monoisotopic (exact) mass is 422 g/mol. The van der Waals surface area contributed by atoms with Gasteiger partial charge in [-0.05, 0) is 48.9 Å². The number of ether oxygens (including phenoxy) is 1. The second-order valence-corrected chi connectivity index (χ2v) is 8.89. The molecule has 166 valence electrons. The van der Waals surface area contributed by atoms with E-state index < -0.39 is 0 Å². The fraction of sp³-hybridized carbons (Fsp3) is 0.538. The zero-order valence-electron chi connectivity index (χ0n) is 18.4. The van der Waals surface area contributed by atoms with Crippen LogP contribution in [0.3, 0.4) is 0 Å². The molecule has 1 unspecified atom stereocenters. The molecule has 5 nitrogen and oxygen atoms in total. The number of rotatable bonds is 7. The molecule has 2 aromatic carbocycles. The Morgan fingerprint density at radius 3 is 2.65 bits per heavy atom. The van der Waals surface area contributed by atoms with Crippen LogP contribution >= 0.6 is 0 Å². The van der Waals surface area contributed by atoms with Gasteiger partial charge in [-0.2, -0.15) is 0 Å². The van der Waals surface area contributed by atoms with Crippen LogP contribution in [0.4, 0.5) is 0 Å². The maximum Gasteiger partial charge on any atom is 0.254 e. The molecule has 2 aromatic rings. The van der Waals surface area contributed by atoms with Crippen molar-refractivity contribution in [3.8, 4) is 0 Å². The van der Waals surface area contributed by atoms with Crippen LogP contribution in [-0.2, 0) is 9.53 Å². The molecule has 1 saturated heterocycles. The van der Waals surface area contributed by atoms with Crippen molar-refractivity contribution >= 4 is 22.6 Å². The predicted molar refractivity (Wildman–Crippen MR) is 123 cm³/mol. The van der Waals surface area contributed by atoms with Gasteiger partial charge < -0.3 is 15.0 Å². The molecule has 2 fully saturated rings. The van der Waals surface area contributed by atoms with E-state index in [1.165, 1.54) is 32.1 Å². The Morgan fingerprint density at radius 1 is 0.968 bits per heavy atom. The van der Waals surface area contributed by atoms with Crippen LogP contribution in [0.15, 0.2) is 42.5 Å². The van der Waals surface area contributed by atoms with Crippen LogP contribution in [0.1, 0.15) is 61.7 Å². The number of carbonyl (C=O) groups is 2. The van der Waals surface area contributed by atoms with Crippen LogP contribution in [0, 0.1) is 5.92 Å². The molecule has 5 heteroatoms. The lowest BCUT2D eigenvalue weighted by molar-refractivity contribution is -0.126. The van der Waals surface area contributed by atoms with Crippen molar-refractivity contribution in [3.63, 3.8) is 0 Å². The van der Waals surface area contributed by atoms with E-state index in [0.717, 1.165) is 35.6 Å². The van der Waals surface area contributed by atoms with Crippen molar-refractivity contribution in [1.82, 2.24) is 10.2 Å². The summed E-state index contributed by atoms with van der Waals surface area (Å²) < 4.78 is 5.94. The van der Waals surface area contributed by atoms with E-state index in [4.69, 9.17) is 4.74 Å². The summed E-state index contributed by atoms with van der Waals surface area (Å²) in [5.41, 5.74) is 0.721. The van der Waals surface area contributed by atoms with E-state index in [0.29, 0.717) is 32.3 Å². The smallest absolute Gasteiger partial charge is 0.254 e. The second-order valence-electron chi connectivity index (χ2n) is 8.89. The van der Waals surface area contributed by atoms with Gasteiger partial charge in [0.05, 0.1) is 12.0 Å². The molecule has 1 saturated carbocycles. The topological polar surface area (TPSA) is 58.6 Å². The van der Waals surface area contributed by atoms with Gasteiger partial charge in [-0.25, -0.2) is 0 Å². The number of nitrogens with one attached hydrogen (secondary N) is 1. The van der Waals surface area contributed by atoms with Crippen molar-refractivity contribution in [3.05, 3.63) is 48.0 Å². The average Bonchev–Trinajstić information content (AvgIpc) is 2.83. The third-order valence-electron chi connectivity index (χ3n) is 6.63. The number of hydrogen-bond donors (Lipinski definition) is 1. The number of benzene rings is 2. The Bertz CT molecular complexity index is 886. The molecule has 31 heavy (non-hydrogen) atoms. The van der Waals surface area contributed by atoms with Gasteiger partial charge in [0.2, 0.25) is 5.91 Å². The van der Waals surface area contributed by atoms with Crippen LogP contribution in [-0.4, -0.2) is 49.1 Å². The molecule has 0 bridgehead atoms. The summed E-state index contributed by atoms with van der Waals surface area (Å²) in [4.78, 5) is 27.7. The van der Waals surface area contributed by atoms with E-state index in [1.807, 2.05) is 47.4 Å². The molecule has 0 aromatic heterocycles. The number of carbonyl (C=O) groups excluding carboxylic acids is 2. The molecule has 0 radical (unpaired) electrons. The normalized spacial score (nSPS) is 20.0. The third-order valence-corrected chi connectivity index (χ3v) is 6.63.